The highest BCUT2D eigenvalue weighted by Gasteiger charge is 2.15. The number of aryl methyl sites for hydroxylation is 2. The van der Waals surface area contributed by atoms with Crippen molar-refractivity contribution in [2.24, 2.45) is 7.05 Å². The molecule has 0 aliphatic carbocycles. The molecule has 0 saturated carbocycles. The van der Waals surface area contributed by atoms with Gasteiger partial charge in [0.1, 0.15) is 0 Å². The second-order valence-corrected chi connectivity index (χ2v) is 7.52. The molecule has 2 aromatic heterocycles. The van der Waals surface area contributed by atoms with Crippen molar-refractivity contribution < 1.29 is 4.79 Å². The SMILES string of the molecule is Cc1nc(-c2ccc(CNC(=O)c3nn(C)c(=O)c4ccccc34)cc2)cs1. The van der Waals surface area contributed by atoms with Crippen molar-refractivity contribution in [2.45, 2.75) is 13.5 Å². The van der Waals surface area contributed by atoms with Crippen LogP contribution >= 0.6 is 11.3 Å². The zero-order valence-electron chi connectivity index (χ0n) is 15.5. The van der Waals surface area contributed by atoms with Gasteiger partial charge in [0.2, 0.25) is 0 Å². The summed E-state index contributed by atoms with van der Waals surface area (Å²) in [7, 11) is 1.55. The number of benzene rings is 2. The van der Waals surface area contributed by atoms with Crippen molar-refractivity contribution in [3.63, 3.8) is 0 Å². The van der Waals surface area contributed by atoms with Gasteiger partial charge < -0.3 is 5.32 Å². The van der Waals surface area contributed by atoms with Crippen LogP contribution in [0, 0.1) is 6.92 Å². The van der Waals surface area contributed by atoms with Crippen LogP contribution < -0.4 is 10.9 Å². The molecule has 0 fully saturated rings. The normalized spacial score (nSPS) is 10.9. The lowest BCUT2D eigenvalue weighted by Crippen LogP contribution is -2.29. The van der Waals surface area contributed by atoms with Crippen molar-refractivity contribution in [2.75, 3.05) is 0 Å². The van der Waals surface area contributed by atoms with Crippen LogP contribution in [0.2, 0.25) is 0 Å². The Morgan fingerprint density at radius 3 is 2.50 bits per heavy atom. The second-order valence-electron chi connectivity index (χ2n) is 6.45. The van der Waals surface area contributed by atoms with Crippen molar-refractivity contribution in [1.29, 1.82) is 0 Å². The number of hydrogen-bond acceptors (Lipinski definition) is 5. The van der Waals surface area contributed by atoms with Crippen LogP contribution in [0.3, 0.4) is 0 Å². The molecule has 1 N–H and O–H groups in total. The van der Waals surface area contributed by atoms with E-state index in [2.05, 4.69) is 15.4 Å². The number of fused-ring (bicyclic) bond motifs is 1. The van der Waals surface area contributed by atoms with E-state index < -0.39 is 0 Å². The maximum Gasteiger partial charge on any atom is 0.274 e. The number of nitrogens with one attached hydrogen (secondary N) is 1. The smallest absolute Gasteiger partial charge is 0.274 e. The molecule has 0 bridgehead atoms. The summed E-state index contributed by atoms with van der Waals surface area (Å²) in [5, 5.41) is 11.1. The predicted octanol–water partition coefficient (Wildman–Crippen LogP) is 3.30. The first kappa shape index (κ1) is 18.1. The van der Waals surface area contributed by atoms with Gasteiger partial charge in [-0.2, -0.15) is 5.10 Å². The number of carbonyl (C=O) groups excluding carboxylic acids is 1. The Hall–Kier alpha value is -3.32. The van der Waals surface area contributed by atoms with Crippen LogP contribution in [0.25, 0.3) is 22.0 Å². The summed E-state index contributed by atoms with van der Waals surface area (Å²) in [6.45, 7) is 2.35. The number of thiazole rings is 1. The third kappa shape index (κ3) is 3.44. The minimum absolute atomic E-state index is 0.222. The van der Waals surface area contributed by atoms with Gasteiger partial charge in [0.25, 0.3) is 11.5 Å². The van der Waals surface area contributed by atoms with Gasteiger partial charge in [-0.3, -0.25) is 9.59 Å². The number of amides is 1. The average Bonchev–Trinajstić information content (AvgIpc) is 3.15. The van der Waals surface area contributed by atoms with E-state index in [9.17, 15) is 9.59 Å². The van der Waals surface area contributed by atoms with E-state index in [1.807, 2.05) is 36.6 Å². The molecule has 0 aliphatic heterocycles. The molecule has 2 aromatic carbocycles. The third-order valence-corrected chi connectivity index (χ3v) is 5.27. The van der Waals surface area contributed by atoms with Gasteiger partial charge in [0.15, 0.2) is 5.69 Å². The first-order valence-corrected chi connectivity index (χ1v) is 9.66. The van der Waals surface area contributed by atoms with Crippen LogP contribution in [0.1, 0.15) is 21.1 Å². The Kier molecular flexibility index (Phi) is 4.75. The maximum absolute atomic E-state index is 12.7. The fourth-order valence-corrected chi connectivity index (χ4v) is 3.64. The number of carbonyl (C=O) groups is 1. The molecule has 1 amide bonds. The highest BCUT2D eigenvalue weighted by Crippen LogP contribution is 2.22. The molecule has 0 unspecified atom stereocenters. The van der Waals surface area contributed by atoms with Gasteiger partial charge in [0.05, 0.1) is 16.1 Å². The Morgan fingerprint density at radius 2 is 1.82 bits per heavy atom. The molecule has 0 saturated heterocycles. The topological polar surface area (TPSA) is 76.9 Å². The van der Waals surface area contributed by atoms with Gasteiger partial charge in [-0.25, -0.2) is 9.67 Å². The molecule has 0 aliphatic rings. The van der Waals surface area contributed by atoms with E-state index in [-0.39, 0.29) is 17.2 Å². The van der Waals surface area contributed by atoms with Crippen LogP contribution in [0.15, 0.2) is 58.7 Å². The molecular formula is C21H18N4O2S. The molecule has 7 heteroatoms. The lowest BCUT2D eigenvalue weighted by Gasteiger charge is -2.09. The lowest BCUT2D eigenvalue weighted by atomic mass is 10.1. The quantitative estimate of drug-likeness (QED) is 0.580. The number of aromatic nitrogens is 3. The molecular weight excluding hydrogens is 372 g/mol. The molecule has 140 valence electrons. The Balaban J connectivity index is 1.53. The van der Waals surface area contributed by atoms with Crippen LogP contribution in [-0.2, 0) is 13.6 Å². The molecule has 0 spiro atoms. The van der Waals surface area contributed by atoms with E-state index in [0.29, 0.717) is 17.3 Å². The predicted molar refractivity (Wildman–Crippen MR) is 110 cm³/mol. The molecule has 28 heavy (non-hydrogen) atoms. The van der Waals surface area contributed by atoms with Gasteiger partial charge >= 0.3 is 0 Å². The zero-order valence-corrected chi connectivity index (χ0v) is 16.3. The van der Waals surface area contributed by atoms with E-state index in [1.165, 1.54) is 4.68 Å². The summed E-state index contributed by atoms with van der Waals surface area (Å²) in [6.07, 6.45) is 0. The summed E-state index contributed by atoms with van der Waals surface area (Å²) >= 11 is 1.62. The van der Waals surface area contributed by atoms with Crippen molar-refractivity contribution >= 4 is 28.0 Å². The number of hydrogen-bond donors (Lipinski definition) is 1. The van der Waals surface area contributed by atoms with E-state index in [4.69, 9.17) is 0 Å². The first-order valence-electron chi connectivity index (χ1n) is 8.78. The minimum Gasteiger partial charge on any atom is -0.347 e. The summed E-state index contributed by atoms with van der Waals surface area (Å²) in [5.41, 5.74) is 2.99. The highest BCUT2D eigenvalue weighted by molar-refractivity contribution is 7.09. The Morgan fingerprint density at radius 1 is 1.11 bits per heavy atom. The molecule has 2 heterocycles. The molecule has 0 atom stereocenters. The van der Waals surface area contributed by atoms with E-state index in [0.717, 1.165) is 21.8 Å². The Bertz CT molecular complexity index is 1230. The molecule has 6 nitrogen and oxygen atoms in total. The average molecular weight is 390 g/mol. The summed E-state index contributed by atoms with van der Waals surface area (Å²) in [4.78, 5) is 29.4. The first-order chi connectivity index (χ1) is 13.5. The monoisotopic (exact) mass is 390 g/mol. The molecule has 0 radical (unpaired) electrons. The van der Waals surface area contributed by atoms with E-state index in [1.54, 1.807) is 42.6 Å². The molecule has 4 rings (SSSR count). The van der Waals surface area contributed by atoms with Gasteiger partial charge in [-0.05, 0) is 18.6 Å². The third-order valence-electron chi connectivity index (χ3n) is 4.49. The van der Waals surface area contributed by atoms with Crippen molar-refractivity contribution in [1.82, 2.24) is 20.1 Å². The lowest BCUT2D eigenvalue weighted by molar-refractivity contribution is 0.0945. The second kappa shape index (κ2) is 7.36. The summed E-state index contributed by atoms with van der Waals surface area (Å²) in [5.74, 6) is -0.314. The van der Waals surface area contributed by atoms with Gasteiger partial charge in [-0.1, -0.05) is 42.5 Å². The maximum atomic E-state index is 12.7. The largest absolute Gasteiger partial charge is 0.347 e. The van der Waals surface area contributed by atoms with Gasteiger partial charge in [-0.15, -0.1) is 11.3 Å². The zero-order chi connectivity index (χ0) is 19.7. The number of rotatable bonds is 4. The van der Waals surface area contributed by atoms with Crippen LogP contribution in [0.5, 0.6) is 0 Å². The molecule has 4 aromatic rings. The summed E-state index contributed by atoms with van der Waals surface area (Å²) < 4.78 is 1.20. The highest BCUT2D eigenvalue weighted by atomic mass is 32.1. The van der Waals surface area contributed by atoms with Crippen molar-refractivity contribution in [3.05, 3.63) is 80.5 Å². The van der Waals surface area contributed by atoms with Crippen molar-refractivity contribution in [3.8, 4) is 11.3 Å². The minimum atomic E-state index is -0.314. The van der Waals surface area contributed by atoms with Crippen LogP contribution in [-0.4, -0.2) is 20.7 Å². The summed E-state index contributed by atoms with van der Waals surface area (Å²) in [6, 6.07) is 14.9. The van der Waals surface area contributed by atoms with E-state index >= 15 is 0 Å². The fraction of sp³-hybridized carbons (Fsp3) is 0.143. The Labute approximate surface area is 165 Å². The van der Waals surface area contributed by atoms with Gasteiger partial charge in [0, 0.05) is 29.9 Å². The number of nitrogens with zero attached hydrogens (tertiary/aromatic N) is 3. The fourth-order valence-electron chi connectivity index (χ4n) is 3.02. The standard InChI is InChI=1S/C21H18N4O2S/c1-13-23-18(12-28-13)15-9-7-14(8-10-15)11-22-20(26)19-16-5-3-4-6-17(16)21(27)25(2)24-19/h3-10,12H,11H2,1-2H3,(H,22,26). The van der Waals surface area contributed by atoms with Crippen LogP contribution in [0.4, 0.5) is 0 Å².